The first kappa shape index (κ1) is 6.71. The van der Waals surface area contributed by atoms with Crippen molar-refractivity contribution >= 4 is 5.78 Å². The topological polar surface area (TPSA) is 41.1 Å². The van der Waals surface area contributed by atoms with Crippen LogP contribution in [-0.2, 0) is 4.79 Å². The molecule has 0 unspecified atom stereocenters. The van der Waals surface area contributed by atoms with Crippen molar-refractivity contribution < 1.29 is 4.79 Å². The third-order valence-corrected chi connectivity index (χ3v) is 1.53. The Kier molecular flexibility index (Phi) is 2.19. The predicted octanol–water partition coefficient (Wildman–Crippen LogP) is -0.863. The number of piperazine rings is 1. The average Bonchev–Trinajstić information content (AvgIpc) is 1.90. The van der Waals surface area contributed by atoms with Crippen LogP contribution < -0.4 is 10.6 Å². The van der Waals surface area contributed by atoms with Crippen molar-refractivity contribution in [1.29, 1.82) is 0 Å². The lowest BCUT2D eigenvalue weighted by atomic mass is 10.2. The van der Waals surface area contributed by atoms with Crippen molar-refractivity contribution in [2.45, 2.75) is 13.0 Å². The first-order valence-electron chi connectivity index (χ1n) is 3.25. The van der Waals surface area contributed by atoms with E-state index >= 15 is 0 Å². The molecule has 0 aromatic carbocycles. The van der Waals surface area contributed by atoms with Gasteiger partial charge in [0, 0.05) is 19.6 Å². The number of carbonyl (C=O) groups excluding carboxylic acids is 1. The number of hydrogen-bond donors (Lipinski definition) is 2. The summed E-state index contributed by atoms with van der Waals surface area (Å²) < 4.78 is 0. The van der Waals surface area contributed by atoms with E-state index in [1.807, 2.05) is 0 Å². The summed E-state index contributed by atoms with van der Waals surface area (Å²) in [5.74, 6) is 0.224. The summed E-state index contributed by atoms with van der Waals surface area (Å²) in [6.45, 7) is 4.29. The highest BCUT2D eigenvalue weighted by Gasteiger charge is 2.14. The van der Waals surface area contributed by atoms with Gasteiger partial charge >= 0.3 is 0 Å². The minimum atomic E-state index is 0.0544. The third kappa shape index (κ3) is 1.77. The zero-order valence-electron chi connectivity index (χ0n) is 5.61. The summed E-state index contributed by atoms with van der Waals surface area (Å²) in [5.41, 5.74) is 0. The standard InChI is InChI=1S/C6H12N2O/c1-5(9)6-4-7-2-3-8-6/h6-8H,2-4H2,1H3/t6-/m1/s1. The van der Waals surface area contributed by atoms with E-state index in [4.69, 9.17) is 0 Å². The van der Waals surface area contributed by atoms with Crippen LogP contribution in [0.5, 0.6) is 0 Å². The van der Waals surface area contributed by atoms with E-state index in [0.29, 0.717) is 0 Å². The van der Waals surface area contributed by atoms with Crippen LogP contribution in [-0.4, -0.2) is 31.5 Å². The Hall–Kier alpha value is -0.410. The van der Waals surface area contributed by atoms with Gasteiger partial charge in [-0.05, 0) is 6.92 Å². The molecule has 0 aliphatic carbocycles. The molecule has 0 radical (unpaired) electrons. The second kappa shape index (κ2) is 2.94. The lowest BCUT2D eigenvalue weighted by Gasteiger charge is -2.21. The van der Waals surface area contributed by atoms with Gasteiger partial charge in [0.25, 0.3) is 0 Å². The van der Waals surface area contributed by atoms with Crippen molar-refractivity contribution in [3.8, 4) is 0 Å². The summed E-state index contributed by atoms with van der Waals surface area (Å²) in [6, 6.07) is 0.0544. The van der Waals surface area contributed by atoms with Gasteiger partial charge in [0.2, 0.25) is 0 Å². The van der Waals surface area contributed by atoms with Crippen LogP contribution >= 0.6 is 0 Å². The maximum atomic E-state index is 10.7. The SMILES string of the molecule is CC(=O)[C@H]1CNCCN1. The van der Waals surface area contributed by atoms with Gasteiger partial charge in [-0.2, -0.15) is 0 Å². The zero-order valence-corrected chi connectivity index (χ0v) is 5.61. The van der Waals surface area contributed by atoms with Crippen molar-refractivity contribution in [1.82, 2.24) is 10.6 Å². The van der Waals surface area contributed by atoms with E-state index in [2.05, 4.69) is 10.6 Å². The molecule has 1 aliphatic heterocycles. The second-order valence-electron chi connectivity index (χ2n) is 2.32. The molecule has 0 amide bonds. The van der Waals surface area contributed by atoms with Crippen LogP contribution in [0.2, 0.25) is 0 Å². The summed E-state index contributed by atoms with van der Waals surface area (Å²) >= 11 is 0. The summed E-state index contributed by atoms with van der Waals surface area (Å²) in [6.07, 6.45) is 0. The largest absolute Gasteiger partial charge is 0.313 e. The Bertz CT molecular complexity index is 108. The molecule has 52 valence electrons. The van der Waals surface area contributed by atoms with Gasteiger partial charge in [-0.3, -0.25) is 4.79 Å². The van der Waals surface area contributed by atoms with Crippen LogP contribution in [0.3, 0.4) is 0 Å². The quantitative estimate of drug-likeness (QED) is 0.482. The molecule has 1 atom stereocenters. The van der Waals surface area contributed by atoms with E-state index in [0.717, 1.165) is 19.6 Å². The van der Waals surface area contributed by atoms with Gasteiger partial charge in [0.1, 0.15) is 5.78 Å². The molecule has 9 heavy (non-hydrogen) atoms. The van der Waals surface area contributed by atoms with Gasteiger partial charge in [-0.1, -0.05) is 0 Å². The van der Waals surface area contributed by atoms with E-state index in [1.165, 1.54) is 0 Å². The van der Waals surface area contributed by atoms with E-state index in [1.54, 1.807) is 6.92 Å². The first-order chi connectivity index (χ1) is 4.30. The lowest BCUT2D eigenvalue weighted by Crippen LogP contribution is -2.51. The number of Topliss-reactive ketones (excluding diaryl/α,β-unsaturated/α-hetero) is 1. The molecule has 0 saturated carbocycles. The fraction of sp³-hybridized carbons (Fsp3) is 0.833. The molecule has 1 saturated heterocycles. The molecule has 0 spiro atoms. The maximum Gasteiger partial charge on any atom is 0.147 e. The number of nitrogens with one attached hydrogen (secondary N) is 2. The minimum Gasteiger partial charge on any atom is -0.313 e. The molecule has 0 aromatic heterocycles. The van der Waals surface area contributed by atoms with Crippen molar-refractivity contribution in [2.75, 3.05) is 19.6 Å². The molecule has 2 N–H and O–H groups in total. The fourth-order valence-electron chi connectivity index (χ4n) is 0.941. The molecular formula is C6H12N2O. The van der Waals surface area contributed by atoms with Crippen LogP contribution in [0, 0.1) is 0 Å². The highest BCUT2D eigenvalue weighted by atomic mass is 16.1. The number of rotatable bonds is 1. The monoisotopic (exact) mass is 128 g/mol. The van der Waals surface area contributed by atoms with Gasteiger partial charge < -0.3 is 10.6 Å². The molecule has 3 nitrogen and oxygen atoms in total. The van der Waals surface area contributed by atoms with Crippen LogP contribution in [0.4, 0.5) is 0 Å². The first-order valence-corrected chi connectivity index (χ1v) is 3.25. The van der Waals surface area contributed by atoms with Crippen molar-refractivity contribution in [2.24, 2.45) is 0 Å². The molecule has 1 rings (SSSR count). The van der Waals surface area contributed by atoms with E-state index < -0.39 is 0 Å². The highest BCUT2D eigenvalue weighted by Crippen LogP contribution is 1.86. The Morgan fingerprint density at radius 2 is 2.33 bits per heavy atom. The van der Waals surface area contributed by atoms with Gasteiger partial charge in [0.05, 0.1) is 6.04 Å². The van der Waals surface area contributed by atoms with Gasteiger partial charge in [0.15, 0.2) is 0 Å². The lowest BCUT2D eigenvalue weighted by molar-refractivity contribution is -0.119. The van der Waals surface area contributed by atoms with Crippen molar-refractivity contribution in [3.63, 3.8) is 0 Å². The number of carbonyl (C=O) groups is 1. The minimum absolute atomic E-state index is 0.0544. The molecule has 0 bridgehead atoms. The van der Waals surface area contributed by atoms with Crippen LogP contribution in [0.25, 0.3) is 0 Å². The molecule has 1 aliphatic rings. The molecular weight excluding hydrogens is 116 g/mol. The Morgan fingerprint density at radius 3 is 2.67 bits per heavy atom. The van der Waals surface area contributed by atoms with Gasteiger partial charge in [-0.25, -0.2) is 0 Å². The van der Waals surface area contributed by atoms with Crippen molar-refractivity contribution in [3.05, 3.63) is 0 Å². The van der Waals surface area contributed by atoms with Crippen LogP contribution in [0.15, 0.2) is 0 Å². The molecule has 0 aromatic rings. The van der Waals surface area contributed by atoms with Gasteiger partial charge in [-0.15, -0.1) is 0 Å². The van der Waals surface area contributed by atoms with E-state index in [9.17, 15) is 4.79 Å². The van der Waals surface area contributed by atoms with E-state index in [-0.39, 0.29) is 11.8 Å². The number of ketones is 1. The fourth-order valence-corrected chi connectivity index (χ4v) is 0.941. The Labute approximate surface area is 54.8 Å². The normalized spacial score (nSPS) is 27.9. The Balaban J connectivity index is 2.31. The predicted molar refractivity (Wildman–Crippen MR) is 35.3 cm³/mol. The summed E-state index contributed by atoms with van der Waals surface area (Å²) in [4.78, 5) is 10.7. The summed E-state index contributed by atoms with van der Waals surface area (Å²) in [5, 5.41) is 6.24. The number of hydrogen-bond acceptors (Lipinski definition) is 3. The highest BCUT2D eigenvalue weighted by molar-refractivity contribution is 5.81. The summed E-state index contributed by atoms with van der Waals surface area (Å²) in [7, 11) is 0. The average molecular weight is 128 g/mol. The molecule has 3 heteroatoms. The smallest absolute Gasteiger partial charge is 0.147 e. The molecule has 1 fully saturated rings. The van der Waals surface area contributed by atoms with Crippen LogP contribution in [0.1, 0.15) is 6.92 Å². The zero-order chi connectivity index (χ0) is 6.69. The second-order valence-corrected chi connectivity index (χ2v) is 2.32. The third-order valence-electron chi connectivity index (χ3n) is 1.53. The molecule has 1 heterocycles. The Morgan fingerprint density at radius 1 is 1.56 bits per heavy atom. The maximum absolute atomic E-state index is 10.7.